The van der Waals surface area contributed by atoms with Crippen molar-refractivity contribution in [3.05, 3.63) is 41.2 Å². The Balaban J connectivity index is 1.86. The number of rotatable bonds is 4. The van der Waals surface area contributed by atoms with Gasteiger partial charge in [0, 0.05) is 0 Å². The number of hydrogen-bond donors (Lipinski definition) is 1. The zero-order chi connectivity index (χ0) is 15.5. The van der Waals surface area contributed by atoms with E-state index in [0.717, 1.165) is 16.0 Å². The van der Waals surface area contributed by atoms with Crippen molar-refractivity contribution in [1.29, 1.82) is 0 Å². The second kappa shape index (κ2) is 6.60. The van der Waals surface area contributed by atoms with Crippen molar-refractivity contribution < 1.29 is 4.79 Å². The number of amides is 1. The van der Waals surface area contributed by atoms with Crippen LogP contribution in [0.25, 0.3) is 10.2 Å². The van der Waals surface area contributed by atoms with E-state index < -0.39 is 0 Å². The van der Waals surface area contributed by atoms with Crippen LogP contribution in [0.5, 0.6) is 0 Å². The van der Waals surface area contributed by atoms with E-state index in [2.05, 4.69) is 20.3 Å². The topological polar surface area (TPSA) is 67.8 Å². The molecular weight excluding hydrogens is 340 g/mol. The summed E-state index contributed by atoms with van der Waals surface area (Å²) >= 11 is 8.88. The highest BCUT2D eigenvalue weighted by atomic mass is 35.5. The summed E-state index contributed by atoms with van der Waals surface area (Å²) in [5.41, 5.74) is 1.01. The van der Waals surface area contributed by atoms with Crippen molar-refractivity contribution in [2.75, 3.05) is 11.1 Å². The van der Waals surface area contributed by atoms with Gasteiger partial charge in [0.15, 0.2) is 16.0 Å². The summed E-state index contributed by atoms with van der Waals surface area (Å²) in [6.07, 6.45) is 1.44. The third-order valence-electron chi connectivity index (χ3n) is 2.72. The van der Waals surface area contributed by atoms with Gasteiger partial charge in [0.25, 0.3) is 5.91 Å². The van der Waals surface area contributed by atoms with Gasteiger partial charge in [-0.2, -0.15) is 0 Å². The number of para-hydroxylation sites is 1. The summed E-state index contributed by atoms with van der Waals surface area (Å²) in [6.45, 7) is 1.99. The lowest BCUT2D eigenvalue weighted by Gasteiger charge is -2.04. The number of thioether (sulfide) groups is 1. The van der Waals surface area contributed by atoms with Crippen molar-refractivity contribution in [3.8, 4) is 0 Å². The molecule has 0 bridgehead atoms. The van der Waals surface area contributed by atoms with Crippen molar-refractivity contribution >= 4 is 56.0 Å². The number of carbonyl (C=O) groups excluding carboxylic acids is 1. The summed E-state index contributed by atoms with van der Waals surface area (Å²) in [7, 11) is 0. The molecule has 0 aliphatic rings. The molecule has 5 nitrogen and oxygen atoms in total. The smallest absolute Gasteiger partial charge is 0.277 e. The molecule has 0 aliphatic heterocycles. The van der Waals surface area contributed by atoms with Crippen LogP contribution in [0, 0.1) is 0 Å². The van der Waals surface area contributed by atoms with Crippen LogP contribution in [0.15, 0.2) is 35.6 Å². The summed E-state index contributed by atoms with van der Waals surface area (Å²) in [6, 6.07) is 7.69. The Hall–Kier alpha value is -1.70. The summed E-state index contributed by atoms with van der Waals surface area (Å²) < 4.78 is 1.01. The molecule has 2 heterocycles. The van der Waals surface area contributed by atoms with Crippen molar-refractivity contribution in [2.24, 2.45) is 0 Å². The monoisotopic (exact) mass is 350 g/mol. The van der Waals surface area contributed by atoms with Crippen LogP contribution in [-0.2, 0) is 0 Å². The Morgan fingerprint density at radius 1 is 1.36 bits per heavy atom. The van der Waals surface area contributed by atoms with E-state index in [4.69, 9.17) is 11.6 Å². The molecule has 1 amide bonds. The predicted molar refractivity (Wildman–Crippen MR) is 91.0 cm³/mol. The van der Waals surface area contributed by atoms with Crippen LogP contribution in [-0.4, -0.2) is 26.6 Å². The minimum atomic E-state index is -0.385. The average molecular weight is 351 g/mol. The molecule has 3 rings (SSSR count). The van der Waals surface area contributed by atoms with Crippen LogP contribution >= 0.6 is 34.7 Å². The number of carbonyl (C=O) groups is 1. The molecule has 0 radical (unpaired) electrons. The Bertz CT molecular complexity index is 804. The summed E-state index contributed by atoms with van der Waals surface area (Å²) in [5.74, 6) is 0.435. The Kier molecular flexibility index (Phi) is 4.56. The number of nitrogens with one attached hydrogen (secondary N) is 1. The molecule has 0 fully saturated rings. The highest BCUT2D eigenvalue weighted by Gasteiger charge is 2.16. The number of fused-ring (bicyclic) bond motifs is 1. The van der Waals surface area contributed by atoms with Crippen molar-refractivity contribution in [2.45, 2.75) is 12.1 Å². The molecule has 0 aliphatic carbocycles. The first-order chi connectivity index (χ1) is 10.7. The minimum absolute atomic E-state index is 0.159. The summed E-state index contributed by atoms with van der Waals surface area (Å²) in [4.78, 5) is 25.0. The fraction of sp³-hybridized carbons (Fsp3) is 0.143. The zero-order valence-corrected chi connectivity index (χ0v) is 13.9. The molecule has 0 saturated heterocycles. The molecule has 0 spiro atoms. The Morgan fingerprint density at radius 2 is 2.18 bits per heavy atom. The lowest BCUT2D eigenvalue weighted by atomic mass is 10.3. The molecule has 0 atom stereocenters. The van der Waals surface area contributed by atoms with Gasteiger partial charge in [-0.1, -0.05) is 53.8 Å². The van der Waals surface area contributed by atoms with Gasteiger partial charge in [-0.3, -0.25) is 10.1 Å². The third-order valence-corrected chi connectivity index (χ3v) is 4.70. The summed E-state index contributed by atoms with van der Waals surface area (Å²) in [5, 5.41) is 4.01. The first kappa shape index (κ1) is 15.2. The second-order valence-corrected chi connectivity index (χ2v) is 6.89. The van der Waals surface area contributed by atoms with E-state index >= 15 is 0 Å². The first-order valence-electron chi connectivity index (χ1n) is 6.49. The van der Waals surface area contributed by atoms with Gasteiger partial charge in [0.2, 0.25) is 0 Å². The standard InChI is InChI=1S/C14H11ClN4OS2/c1-2-21-13-16-7-8(15)11(18-13)12(20)19-14-17-9-5-3-4-6-10(9)22-14/h3-7H,2H2,1H3,(H,17,19,20). The van der Waals surface area contributed by atoms with Gasteiger partial charge in [-0.25, -0.2) is 15.0 Å². The Morgan fingerprint density at radius 3 is 2.95 bits per heavy atom. The highest BCUT2D eigenvalue weighted by Crippen LogP contribution is 2.26. The maximum absolute atomic E-state index is 12.3. The minimum Gasteiger partial charge on any atom is -0.296 e. The van der Waals surface area contributed by atoms with E-state index in [1.165, 1.54) is 29.3 Å². The Labute approximate surface area is 140 Å². The number of anilines is 1. The average Bonchev–Trinajstić information content (AvgIpc) is 2.91. The largest absolute Gasteiger partial charge is 0.296 e. The van der Waals surface area contributed by atoms with Gasteiger partial charge in [-0.15, -0.1) is 0 Å². The molecule has 1 aromatic carbocycles. The molecule has 0 saturated carbocycles. The molecule has 8 heteroatoms. The van der Waals surface area contributed by atoms with Gasteiger partial charge >= 0.3 is 0 Å². The fourth-order valence-corrected chi connectivity index (χ4v) is 3.37. The van der Waals surface area contributed by atoms with E-state index in [9.17, 15) is 4.79 Å². The van der Waals surface area contributed by atoms with Crippen LogP contribution in [0.4, 0.5) is 5.13 Å². The van der Waals surface area contributed by atoms with E-state index in [1.807, 2.05) is 31.2 Å². The van der Waals surface area contributed by atoms with Crippen LogP contribution < -0.4 is 5.32 Å². The molecule has 1 N–H and O–H groups in total. The quantitative estimate of drug-likeness (QED) is 0.566. The van der Waals surface area contributed by atoms with Crippen molar-refractivity contribution in [1.82, 2.24) is 15.0 Å². The lowest BCUT2D eigenvalue weighted by Crippen LogP contribution is -2.15. The highest BCUT2D eigenvalue weighted by molar-refractivity contribution is 7.99. The fourth-order valence-electron chi connectivity index (χ4n) is 1.79. The van der Waals surface area contributed by atoms with Crippen LogP contribution in [0.2, 0.25) is 5.02 Å². The zero-order valence-electron chi connectivity index (χ0n) is 11.5. The molecule has 22 heavy (non-hydrogen) atoms. The predicted octanol–water partition coefficient (Wildman–Crippen LogP) is 4.10. The lowest BCUT2D eigenvalue weighted by molar-refractivity contribution is 0.102. The van der Waals surface area contributed by atoms with E-state index in [1.54, 1.807) is 0 Å². The number of hydrogen-bond acceptors (Lipinski definition) is 6. The second-order valence-electron chi connectivity index (χ2n) is 4.22. The van der Waals surface area contributed by atoms with Gasteiger partial charge in [-0.05, 0) is 17.9 Å². The number of thiazole rings is 1. The first-order valence-corrected chi connectivity index (χ1v) is 8.67. The van der Waals surface area contributed by atoms with E-state index in [0.29, 0.717) is 10.3 Å². The number of halogens is 1. The molecule has 3 aromatic rings. The maximum atomic E-state index is 12.3. The molecular formula is C14H11ClN4OS2. The normalized spacial score (nSPS) is 10.8. The van der Waals surface area contributed by atoms with Gasteiger partial charge in [0.05, 0.1) is 21.4 Å². The maximum Gasteiger partial charge on any atom is 0.277 e. The molecule has 0 unspecified atom stereocenters. The number of benzene rings is 1. The van der Waals surface area contributed by atoms with Gasteiger partial charge < -0.3 is 0 Å². The SMILES string of the molecule is CCSc1ncc(Cl)c(C(=O)Nc2nc3ccccc3s2)n1. The third kappa shape index (κ3) is 3.21. The molecule has 112 valence electrons. The van der Waals surface area contributed by atoms with E-state index in [-0.39, 0.29) is 16.6 Å². The van der Waals surface area contributed by atoms with Crippen LogP contribution in [0.1, 0.15) is 17.4 Å². The number of aromatic nitrogens is 3. The van der Waals surface area contributed by atoms with Crippen molar-refractivity contribution in [3.63, 3.8) is 0 Å². The van der Waals surface area contributed by atoms with Gasteiger partial charge in [0.1, 0.15) is 0 Å². The number of nitrogens with zero attached hydrogens (tertiary/aromatic N) is 3. The molecule has 2 aromatic heterocycles. The van der Waals surface area contributed by atoms with Crippen LogP contribution in [0.3, 0.4) is 0 Å².